The Morgan fingerprint density at radius 1 is 1.15 bits per heavy atom. The summed E-state index contributed by atoms with van der Waals surface area (Å²) in [6.45, 7) is 0.0649. The van der Waals surface area contributed by atoms with E-state index in [1.165, 1.54) is 15.8 Å². The number of nitrogens with one attached hydrogen (secondary N) is 1. The Balaban J connectivity index is 1.65. The number of hydrogen-bond acceptors (Lipinski definition) is 6. The minimum absolute atomic E-state index is 0.0649. The summed E-state index contributed by atoms with van der Waals surface area (Å²) in [5.41, 5.74) is 1.49. The molecule has 0 spiro atoms. The van der Waals surface area contributed by atoms with E-state index >= 15 is 0 Å². The molecule has 9 nitrogen and oxygen atoms in total. The molecule has 0 saturated heterocycles. The molecule has 0 atom stereocenters. The van der Waals surface area contributed by atoms with Gasteiger partial charge in [0.2, 0.25) is 5.91 Å². The van der Waals surface area contributed by atoms with Crippen molar-refractivity contribution in [3.63, 3.8) is 0 Å². The highest BCUT2D eigenvalue weighted by molar-refractivity contribution is 5.90. The van der Waals surface area contributed by atoms with Gasteiger partial charge < -0.3 is 5.32 Å². The van der Waals surface area contributed by atoms with Gasteiger partial charge in [-0.1, -0.05) is 0 Å². The summed E-state index contributed by atoms with van der Waals surface area (Å²) in [7, 11) is 0. The highest BCUT2D eigenvalue weighted by atomic mass is 16.2. The van der Waals surface area contributed by atoms with E-state index in [2.05, 4.69) is 31.0 Å². The molecule has 0 bridgehead atoms. The molecule has 2 heterocycles. The van der Waals surface area contributed by atoms with Crippen molar-refractivity contribution >= 4 is 11.6 Å². The largest absolute Gasteiger partial charge is 0.324 e. The van der Waals surface area contributed by atoms with Gasteiger partial charge in [-0.2, -0.15) is 15.0 Å². The Labute approximate surface area is 113 Å². The lowest BCUT2D eigenvalue weighted by atomic mass is 10.3. The van der Waals surface area contributed by atoms with E-state index in [4.69, 9.17) is 0 Å². The smallest absolute Gasteiger partial charge is 0.246 e. The fourth-order valence-electron chi connectivity index (χ4n) is 1.63. The number of aromatic nitrogens is 7. The average Bonchev–Trinajstić information content (AvgIpc) is 3.12. The van der Waals surface area contributed by atoms with Crippen LogP contribution in [0.4, 0.5) is 5.69 Å². The molecule has 3 aromatic rings. The Morgan fingerprint density at radius 2 is 1.90 bits per heavy atom. The predicted octanol–water partition coefficient (Wildman–Crippen LogP) is -0.108. The van der Waals surface area contributed by atoms with Crippen molar-refractivity contribution in [3.8, 4) is 5.69 Å². The van der Waals surface area contributed by atoms with E-state index in [-0.39, 0.29) is 12.5 Å². The van der Waals surface area contributed by atoms with E-state index in [1.54, 1.807) is 24.5 Å². The highest BCUT2D eigenvalue weighted by Crippen LogP contribution is 2.11. The zero-order valence-corrected chi connectivity index (χ0v) is 10.3. The van der Waals surface area contributed by atoms with Crippen LogP contribution in [0.1, 0.15) is 0 Å². The molecule has 100 valence electrons. The number of amides is 1. The fourth-order valence-corrected chi connectivity index (χ4v) is 1.63. The van der Waals surface area contributed by atoms with Crippen molar-refractivity contribution in [2.75, 3.05) is 5.32 Å². The minimum Gasteiger partial charge on any atom is -0.324 e. The molecule has 0 fully saturated rings. The molecule has 0 unspecified atom stereocenters. The maximum Gasteiger partial charge on any atom is 0.246 e. The van der Waals surface area contributed by atoms with Gasteiger partial charge >= 0.3 is 0 Å². The van der Waals surface area contributed by atoms with E-state index in [0.717, 1.165) is 5.69 Å². The van der Waals surface area contributed by atoms with Crippen LogP contribution < -0.4 is 5.32 Å². The summed E-state index contributed by atoms with van der Waals surface area (Å²) < 4.78 is 1.34. The summed E-state index contributed by atoms with van der Waals surface area (Å²) in [5.74, 6) is -0.206. The van der Waals surface area contributed by atoms with Gasteiger partial charge in [-0.05, 0) is 34.7 Å². The summed E-state index contributed by atoms with van der Waals surface area (Å²) in [5, 5.41) is 21.3. The van der Waals surface area contributed by atoms with E-state index in [9.17, 15) is 4.79 Å². The number of carbonyl (C=O) groups excluding carboxylic acids is 1. The van der Waals surface area contributed by atoms with Gasteiger partial charge in [-0.25, -0.2) is 4.68 Å². The van der Waals surface area contributed by atoms with Gasteiger partial charge in [-0.3, -0.25) is 4.79 Å². The van der Waals surface area contributed by atoms with Crippen LogP contribution in [0.25, 0.3) is 5.69 Å². The Kier molecular flexibility index (Phi) is 3.15. The second-order valence-corrected chi connectivity index (χ2v) is 3.92. The Hall–Kier alpha value is -3.10. The molecule has 20 heavy (non-hydrogen) atoms. The number of carbonyl (C=O) groups is 1. The van der Waals surface area contributed by atoms with E-state index in [1.807, 2.05) is 12.1 Å². The lowest BCUT2D eigenvalue weighted by molar-refractivity contribution is -0.116. The average molecular weight is 270 g/mol. The second-order valence-electron chi connectivity index (χ2n) is 3.92. The number of nitrogens with zero attached hydrogens (tertiary/aromatic N) is 7. The first-order valence-corrected chi connectivity index (χ1v) is 5.79. The molecule has 0 aliphatic heterocycles. The third-order valence-corrected chi connectivity index (χ3v) is 2.50. The minimum atomic E-state index is -0.206. The Bertz CT molecular complexity index is 674. The molecule has 0 radical (unpaired) electrons. The molecule has 1 amide bonds. The van der Waals surface area contributed by atoms with Crippen LogP contribution in [0.3, 0.4) is 0 Å². The van der Waals surface area contributed by atoms with Crippen LogP contribution in [0, 0.1) is 0 Å². The zero-order valence-electron chi connectivity index (χ0n) is 10.3. The maximum atomic E-state index is 11.7. The van der Waals surface area contributed by atoms with E-state index < -0.39 is 0 Å². The lowest BCUT2D eigenvalue weighted by Gasteiger charge is -2.05. The number of benzene rings is 1. The molecule has 0 saturated carbocycles. The molecule has 9 heteroatoms. The third kappa shape index (κ3) is 2.66. The van der Waals surface area contributed by atoms with Crippen molar-refractivity contribution in [1.82, 2.24) is 35.2 Å². The first-order valence-electron chi connectivity index (χ1n) is 5.79. The van der Waals surface area contributed by atoms with Crippen molar-refractivity contribution in [2.45, 2.75) is 6.54 Å². The van der Waals surface area contributed by atoms with Crippen molar-refractivity contribution in [2.24, 2.45) is 0 Å². The number of rotatable bonds is 4. The predicted molar refractivity (Wildman–Crippen MR) is 67.8 cm³/mol. The van der Waals surface area contributed by atoms with Gasteiger partial charge in [0.25, 0.3) is 0 Å². The van der Waals surface area contributed by atoms with Crippen molar-refractivity contribution < 1.29 is 4.79 Å². The normalized spacial score (nSPS) is 10.4. The number of hydrogen-bond donors (Lipinski definition) is 1. The molecule has 0 aliphatic carbocycles. The summed E-state index contributed by atoms with van der Waals surface area (Å²) >= 11 is 0. The standard InChI is InChI=1S/C11H10N8O/c20-11(7-18-8-12-16-17-18)15-9-1-3-10(4-2-9)19-13-5-6-14-19/h1-6,8H,7H2,(H,15,20). The number of anilines is 1. The van der Waals surface area contributed by atoms with Gasteiger partial charge in [0.15, 0.2) is 0 Å². The van der Waals surface area contributed by atoms with Gasteiger partial charge in [0, 0.05) is 5.69 Å². The van der Waals surface area contributed by atoms with Gasteiger partial charge in [0.05, 0.1) is 18.1 Å². The third-order valence-electron chi connectivity index (χ3n) is 2.50. The SMILES string of the molecule is O=C(Cn1cnnn1)Nc1ccc(-n2nccn2)cc1. The van der Waals surface area contributed by atoms with Crippen LogP contribution in [0.15, 0.2) is 43.0 Å². The zero-order chi connectivity index (χ0) is 13.8. The fraction of sp³-hybridized carbons (Fsp3) is 0.0909. The first-order chi connectivity index (χ1) is 9.81. The molecule has 1 aromatic carbocycles. The van der Waals surface area contributed by atoms with Gasteiger partial charge in [0.1, 0.15) is 12.9 Å². The van der Waals surface area contributed by atoms with Crippen LogP contribution in [0.5, 0.6) is 0 Å². The van der Waals surface area contributed by atoms with Crippen molar-refractivity contribution in [1.29, 1.82) is 0 Å². The topological polar surface area (TPSA) is 103 Å². The molecule has 0 aliphatic rings. The summed E-state index contributed by atoms with van der Waals surface area (Å²) in [4.78, 5) is 13.2. The van der Waals surface area contributed by atoms with Crippen molar-refractivity contribution in [3.05, 3.63) is 43.0 Å². The molecular weight excluding hydrogens is 260 g/mol. The second kappa shape index (κ2) is 5.26. The van der Waals surface area contributed by atoms with Crippen LogP contribution >= 0.6 is 0 Å². The number of tetrazole rings is 1. The summed E-state index contributed by atoms with van der Waals surface area (Å²) in [6.07, 6.45) is 4.58. The van der Waals surface area contributed by atoms with E-state index in [0.29, 0.717) is 5.69 Å². The van der Waals surface area contributed by atoms with Crippen LogP contribution in [0.2, 0.25) is 0 Å². The van der Waals surface area contributed by atoms with Crippen LogP contribution in [-0.4, -0.2) is 41.1 Å². The summed E-state index contributed by atoms with van der Waals surface area (Å²) in [6, 6.07) is 7.17. The molecule has 2 aromatic heterocycles. The quantitative estimate of drug-likeness (QED) is 0.709. The maximum absolute atomic E-state index is 11.7. The molecule has 3 rings (SSSR count). The van der Waals surface area contributed by atoms with Crippen LogP contribution in [-0.2, 0) is 11.3 Å². The molecule has 1 N–H and O–H groups in total. The Morgan fingerprint density at radius 3 is 2.55 bits per heavy atom. The monoisotopic (exact) mass is 270 g/mol. The first kappa shape index (κ1) is 12.0. The molecular formula is C11H10N8O. The highest BCUT2D eigenvalue weighted by Gasteiger charge is 2.05. The lowest BCUT2D eigenvalue weighted by Crippen LogP contribution is -2.19. The van der Waals surface area contributed by atoms with Gasteiger partial charge in [-0.15, -0.1) is 5.10 Å².